The Morgan fingerprint density at radius 2 is 1.88 bits per heavy atom. The Hall–Kier alpha value is -2.18. The van der Waals surface area contributed by atoms with Crippen molar-refractivity contribution in [1.82, 2.24) is 14.4 Å². The van der Waals surface area contributed by atoms with Crippen molar-refractivity contribution in [3.05, 3.63) is 63.3 Å². The molecule has 0 saturated carbocycles. The van der Waals surface area contributed by atoms with Gasteiger partial charge in [-0.3, -0.25) is 9.69 Å². The van der Waals surface area contributed by atoms with Gasteiger partial charge in [0.1, 0.15) is 11.6 Å². The number of likely N-dealkylation sites (N-methyl/N-ethyl adjacent to an activating group) is 1. The first-order valence-corrected chi connectivity index (χ1v) is 9.03. The molecule has 1 saturated heterocycles. The highest BCUT2D eigenvalue weighted by Gasteiger charge is 2.30. The van der Waals surface area contributed by atoms with Crippen molar-refractivity contribution in [2.24, 2.45) is 0 Å². The Bertz CT molecular complexity index is 841. The number of benzene rings is 1. The normalized spacial score (nSPS) is 17.4. The van der Waals surface area contributed by atoms with Gasteiger partial charge in [-0.05, 0) is 44.7 Å². The quantitative estimate of drug-likeness (QED) is 0.911. The number of aromatic hydroxyl groups is 1. The molecule has 0 unspecified atom stereocenters. The van der Waals surface area contributed by atoms with Crippen LogP contribution in [0.4, 0.5) is 4.39 Å². The molecule has 26 heavy (non-hydrogen) atoms. The molecule has 1 aromatic carbocycles. The van der Waals surface area contributed by atoms with Crippen LogP contribution in [0.2, 0.25) is 0 Å². The highest BCUT2D eigenvalue weighted by Crippen LogP contribution is 2.33. The lowest BCUT2D eigenvalue weighted by molar-refractivity contribution is 0.125. The number of hydrogen-bond acceptors (Lipinski definition) is 4. The van der Waals surface area contributed by atoms with Crippen LogP contribution in [0.3, 0.4) is 0 Å². The Morgan fingerprint density at radius 1 is 1.19 bits per heavy atom. The predicted molar refractivity (Wildman–Crippen MR) is 100 cm³/mol. The maximum absolute atomic E-state index is 13.9. The van der Waals surface area contributed by atoms with Gasteiger partial charge in [0.25, 0.3) is 5.56 Å². The minimum atomic E-state index is -0.467. The van der Waals surface area contributed by atoms with Crippen molar-refractivity contribution in [2.45, 2.75) is 26.4 Å². The number of aryl methyl sites for hydroxylation is 1. The highest BCUT2D eigenvalue weighted by molar-refractivity contribution is 5.41. The average Bonchev–Trinajstić information content (AvgIpc) is 2.60. The summed E-state index contributed by atoms with van der Waals surface area (Å²) < 4.78 is 15.6. The number of nitrogens with zero attached hydrogens (tertiary/aromatic N) is 3. The SMILES string of the molecule is CCn1c(C)cc(O)c([C@@H](c2cccc(F)c2)N2CCN(C)CC2)c1=O. The molecule has 0 radical (unpaired) electrons. The summed E-state index contributed by atoms with van der Waals surface area (Å²) in [6.07, 6.45) is 0. The first-order chi connectivity index (χ1) is 12.4. The second kappa shape index (κ2) is 7.60. The van der Waals surface area contributed by atoms with Gasteiger partial charge in [0, 0.05) is 38.4 Å². The molecule has 0 aliphatic carbocycles. The number of halogens is 1. The van der Waals surface area contributed by atoms with Crippen molar-refractivity contribution in [2.75, 3.05) is 33.2 Å². The summed E-state index contributed by atoms with van der Waals surface area (Å²) in [5, 5.41) is 10.6. The van der Waals surface area contributed by atoms with E-state index in [1.807, 2.05) is 13.0 Å². The number of pyridine rings is 1. The Kier molecular flexibility index (Phi) is 5.44. The van der Waals surface area contributed by atoms with Crippen LogP contribution in [0.15, 0.2) is 35.1 Å². The fourth-order valence-corrected chi connectivity index (χ4v) is 3.74. The monoisotopic (exact) mass is 359 g/mol. The summed E-state index contributed by atoms with van der Waals surface area (Å²) in [6, 6.07) is 7.48. The number of rotatable bonds is 4. The van der Waals surface area contributed by atoms with Crippen LogP contribution >= 0.6 is 0 Å². The molecule has 5 nitrogen and oxygen atoms in total. The van der Waals surface area contributed by atoms with E-state index < -0.39 is 6.04 Å². The smallest absolute Gasteiger partial charge is 0.259 e. The van der Waals surface area contributed by atoms with Gasteiger partial charge in [-0.1, -0.05) is 12.1 Å². The second-order valence-electron chi connectivity index (χ2n) is 6.93. The zero-order valence-electron chi connectivity index (χ0n) is 15.6. The number of hydrogen-bond donors (Lipinski definition) is 1. The van der Waals surface area contributed by atoms with Gasteiger partial charge in [0.15, 0.2) is 0 Å². The topological polar surface area (TPSA) is 48.7 Å². The van der Waals surface area contributed by atoms with Gasteiger partial charge in [0.05, 0.1) is 11.6 Å². The van der Waals surface area contributed by atoms with E-state index in [2.05, 4.69) is 16.8 Å². The molecule has 6 heteroatoms. The number of aromatic nitrogens is 1. The van der Waals surface area contributed by atoms with Crippen molar-refractivity contribution >= 4 is 0 Å². The summed E-state index contributed by atoms with van der Waals surface area (Å²) in [4.78, 5) is 17.5. The molecule has 0 amide bonds. The predicted octanol–water partition coefficient (Wildman–Crippen LogP) is 2.36. The fraction of sp³-hybridized carbons (Fsp3) is 0.450. The van der Waals surface area contributed by atoms with Crippen molar-refractivity contribution < 1.29 is 9.50 Å². The molecule has 3 rings (SSSR count). The minimum Gasteiger partial charge on any atom is -0.507 e. The van der Waals surface area contributed by atoms with E-state index in [4.69, 9.17) is 0 Å². The van der Waals surface area contributed by atoms with Crippen LogP contribution in [0.1, 0.15) is 29.8 Å². The van der Waals surface area contributed by atoms with E-state index in [1.165, 1.54) is 12.1 Å². The van der Waals surface area contributed by atoms with E-state index in [9.17, 15) is 14.3 Å². The molecule has 1 aliphatic heterocycles. The summed E-state index contributed by atoms with van der Waals surface area (Å²) >= 11 is 0. The Labute approximate surface area is 153 Å². The van der Waals surface area contributed by atoms with Crippen LogP contribution in [-0.4, -0.2) is 52.7 Å². The lowest BCUT2D eigenvalue weighted by atomic mass is 9.96. The molecular weight excluding hydrogens is 333 g/mol. The molecule has 2 heterocycles. The molecule has 1 atom stereocenters. The minimum absolute atomic E-state index is 0.0228. The van der Waals surface area contributed by atoms with Gasteiger partial charge >= 0.3 is 0 Å². The van der Waals surface area contributed by atoms with E-state index in [0.717, 1.165) is 31.9 Å². The van der Waals surface area contributed by atoms with Gasteiger partial charge in [-0.2, -0.15) is 0 Å². The summed E-state index contributed by atoms with van der Waals surface area (Å²) in [5.74, 6) is -0.366. The fourth-order valence-electron chi connectivity index (χ4n) is 3.74. The van der Waals surface area contributed by atoms with Crippen molar-refractivity contribution in [1.29, 1.82) is 0 Å². The zero-order valence-corrected chi connectivity index (χ0v) is 15.6. The lowest BCUT2D eigenvalue weighted by Gasteiger charge is -2.38. The summed E-state index contributed by atoms with van der Waals surface area (Å²) in [6.45, 7) is 7.45. The molecule has 0 bridgehead atoms. The highest BCUT2D eigenvalue weighted by atomic mass is 19.1. The molecule has 1 aliphatic rings. The molecule has 0 spiro atoms. The Balaban J connectivity index is 2.17. The van der Waals surface area contributed by atoms with Crippen LogP contribution < -0.4 is 5.56 Å². The maximum atomic E-state index is 13.9. The molecule has 140 valence electrons. The third-order valence-corrected chi connectivity index (χ3v) is 5.18. The molecular formula is C20H26FN3O2. The van der Waals surface area contributed by atoms with Gasteiger partial charge in [-0.15, -0.1) is 0 Å². The zero-order chi connectivity index (χ0) is 18.8. The van der Waals surface area contributed by atoms with Gasteiger partial charge in [0.2, 0.25) is 0 Å². The summed E-state index contributed by atoms with van der Waals surface area (Å²) in [5.41, 5.74) is 1.52. The van der Waals surface area contributed by atoms with Gasteiger partial charge < -0.3 is 14.6 Å². The third-order valence-electron chi connectivity index (χ3n) is 5.18. The standard InChI is InChI=1S/C20H26FN3O2/c1-4-24-14(2)12-17(25)18(20(24)26)19(15-6-5-7-16(21)13-15)23-10-8-22(3)9-11-23/h5-7,12-13,19,25H,4,8-11H2,1-3H3/t19-/m1/s1. The van der Waals surface area contributed by atoms with Crippen molar-refractivity contribution in [3.63, 3.8) is 0 Å². The Morgan fingerprint density at radius 3 is 2.50 bits per heavy atom. The third kappa shape index (κ3) is 3.52. The van der Waals surface area contributed by atoms with E-state index in [-0.39, 0.29) is 17.1 Å². The van der Waals surface area contributed by atoms with Gasteiger partial charge in [-0.25, -0.2) is 4.39 Å². The first-order valence-electron chi connectivity index (χ1n) is 9.03. The van der Waals surface area contributed by atoms with E-state index in [1.54, 1.807) is 23.6 Å². The largest absolute Gasteiger partial charge is 0.507 e. The van der Waals surface area contributed by atoms with Crippen LogP contribution in [0, 0.1) is 12.7 Å². The van der Waals surface area contributed by atoms with Crippen LogP contribution in [0.25, 0.3) is 0 Å². The maximum Gasteiger partial charge on any atom is 0.259 e. The summed E-state index contributed by atoms with van der Waals surface area (Å²) in [7, 11) is 2.06. The molecule has 2 aromatic rings. The molecule has 1 N–H and O–H groups in total. The second-order valence-corrected chi connectivity index (χ2v) is 6.93. The number of piperazine rings is 1. The van der Waals surface area contributed by atoms with E-state index in [0.29, 0.717) is 17.7 Å². The van der Waals surface area contributed by atoms with Crippen molar-refractivity contribution in [3.8, 4) is 5.75 Å². The van der Waals surface area contributed by atoms with Crippen LogP contribution in [-0.2, 0) is 6.54 Å². The average molecular weight is 359 g/mol. The molecule has 1 fully saturated rings. The van der Waals surface area contributed by atoms with E-state index >= 15 is 0 Å². The van der Waals surface area contributed by atoms with Crippen LogP contribution in [0.5, 0.6) is 5.75 Å². The molecule has 1 aromatic heterocycles. The lowest BCUT2D eigenvalue weighted by Crippen LogP contribution is -2.47. The first kappa shape index (κ1) is 18.6.